The summed E-state index contributed by atoms with van der Waals surface area (Å²) in [6, 6.07) is 6.90. The van der Waals surface area contributed by atoms with Crippen molar-refractivity contribution in [2.24, 2.45) is 0 Å². The molecule has 0 spiro atoms. The number of carbonyl (C=O) groups is 2. The number of nitrogens with one attached hydrogen (secondary N) is 1. The Kier molecular flexibility index (Phi) is 8.98. The number of benzene rings is 2. The molecule has 4 heterocycles. The molecule has 2 aromatic carbocycles. The van der Waals surface area contributed by atoms with Crippen LogP contribution in [0.15, 0.2) is 54.4 Å². The standard InChI is InChI=1S/C34H35F4N7O3S/c1-19-23(21-8-6-20(7-9-21)10-12-43(5)32(47)48-33(2,3)4)15-25(34(36,37)38)24-17-45(42-27(19)24)29(30(46)41-31-39-11-13-49-31)28-26-14-22(35)16-44(26)18-40-28/h6-9,11,13,15,17-18,22,29H,10,12,14,16H2,1-5H3,(H,39,41,46)/t22-,29?/m1/s1. The van der Waals surface area contributed by atoms with Gasteiger partial charge in [0.1, 0.15) is 11.8 Å². The summed E-state index contributed by atoms with van der Waals surface area (Å²) in [5, 5.41) is 9.07. The van der Waals surface area contributed by atoms with E-state index in [0.717, 1.165) is 11.6 Å². The highest BCUT2D eigenvalue weighted by atomic mass is 32.1. The summed E-state index contributed by atoms with van der Waals surface area (Å²) in [5.74, 6) is -0.620. The quantitative estimate of drug-likeness (QED) is 0.172. The number of hydrogen-bond acceptors (Lipinski definition) is 7. The van der Waals surface area contributed by atoms with E-state index in [-0.39, 0.29) is 29.6 Å². The Bertz CT molecular complexity index is 2000. The van der Waals surface area contributed by atoms with Crippen molar-refractivity contribution in [1.82, 2.24) is 29.2 Å². The Balaban J connectivity index is 1.36. The molecular formula is C34H35F4N7O3S. The van der Waals surface area contributed by atoms with Crippen LogP contribution in [-0.4, -0.2) is 66.6 Å². The lowest BCUT2D eigenvalue weighted by Gasteiger charge is -2.24. The highest BCUT2D eigenvalue weighted by molar-refractivity contribution is 7.13. The summed E-state index contributed by atoms with van der Waals surface area (Å²) >= 11 is 1.18. The third kappa shape index (κ3) is 7.16. The van der Waals surface area contributed by atoms with Gasteiger partial charge in [0.2, 0.25) is 0 Å². The molecule has 0 bridgehead atoms. The van der Waals surface area contributed by atoms with Gasteiger partial charge in [-0.3, -0.25) is 14.8 Å². The van der Waals surface area contributed by atoms with Gasteiger partial charge in [0, 0.05) is 48.9 Å². The normalized spacial score (nSPS) is 15.3. The molecule has 0 saturated carbocycles. The smallest absolute Gasteiger partial charge is 0.417 e. The predicted molar refractivity (Wildman–Crippen MR) is 177 cm³/mol. The second-order valence-corrected chi connectivity index (χ2v) is 14.0. The number of aromatic nitrogens is 5. The number of ether oxygens (including phenoxy) is 1. The Hall–Kier alpha value is -4.79. The first-order chi connectivity index (χ1) is 23.1. The maximum Gasteiger partial charge on any atom is 0.417 e. The maximum absolute atomic E-state index is 14.6. The van der Waals surface area contributed by atoms with Crippen molar-refractivity contribution in [3.63, 3.8) is 0 Å². The molecule has 1 aliphatic rings. The van der Waals surface area contributed by atoms with Crippen LogP contribution in [0.5, 0.6) is 0 Å². The van der Waals surface area contributed by atoms with Crippen LogP contribution in [0.4, 0.5) is 27.5 Å². The summed E-state index contributed by atoms with van der Waals surface area (Å²) in [6.07, 6.45) is -1.68. The fraction of sp³-hybridized carbons (Fsp3) is 0.382. The topological polar surface area (TPSA) is 107 Å². The van der Waals surface area contributed by atoms with Crippen LogP contribution in [0.2, 0.25) is 0 Å². The van der Waals surface area contributed by atoms with E-state index in [9.17, 15) is 27.2 Å². The fourth-order valence-corrected chi connectivity index (χ4v) is 6.45. The van der Waals surface area contributed by atoms with E-state index in [1.807, 2.05) is 12.1 Å². The number of likely N-dealkylation sites (N-methyl/N-ethyl adjacent to an activating group) is 1. The van der Waals surface area contributed by atoms with E-state index in [1.165, 1.54) is 39.6 Å². The molecule has 1 N–H and O–H groups in total. The van der Waals surface area contributed by atoms with E-state index in [2.05, 4.69) is 20.4 Å². The van der Waals surface area contributed by atoms with Crippen molar-refractivity contribution in [3.8, 4) is 11.1 Å². The predicted octanol–water partition coefficient (Wildman–Crippen LogP) is 7.22. The van der Waals surface area contributed by atoms with Crippen molar-refractivity contribution in [1.29, 1.82) is 0 Å². The van der Waals surface area contributed by atoms with Gasteiger partial charge in [-0.2, -0.15) is 18.3 Å². The minimum atomic E-state index is -4.74. The molecule has 258 valence electrons. The molecule has 0 saturated heterocycles. The minimum Gasteiger partial charge on any atom is -0.444 e. The fourth-order valence-electron chi connectivity index (χ4n) is 5.92. The zero-order chi connectivity index (χ0) is 35.2. The monoisotopic (exact) mass is 697 g/mol. The van der Waals surface area contributed by atoms with E-state index in [0.29, 0.717) is 40.5 Å². The van der Waals surface area contributed by atoms with Crippen molar-refractivity contribution >= 4 is 39.4 Å². The molecule has 0 radical (unpaired) electrons. The molecule has 3 aromatic heterocycles. The van der Waals surface area contributed by atoms with E-state index >= 15 is 0 Å². The summed E-state index contributed by atoms with van der Waals surface area (Å²) in [4.78, 5) is 36.0. The Morgan fingerprint density at radius 1 is 1.16 bits per heavy atom. The lowest BCUT2D eigenvalue weighted by Crippen LogP contribution is -2.35. The van der Waals surface area contributed by atoms with E-state index in [4.69, 9.17) is 4.74 Å². The van der Waals surface area contributed by atoms with Crippen molar-refractivity contribution < 1.29 is 31.9 Å². The molecule has 0 fully saturated rings. The third-order valence-electron chi connectivity index (χ3n) is 8.30. The minimum absolute atomic E-state index is 0.0153. The number of imidazole rings is 1. The molecule has 5 aromatic rings. The van der Waals surface area contributed by atoms with Crippen LogP contribution in [0, 0.1) is 6.92 Å². The van der Waals surface area contributed by atoms with Crippen molar-refractivity contribution in [2.75, 3.05) is 18.9 Å². The summed E-state index contributed by atoms with van der Waals surface area (Å²) in [7, 11) is 1.64. The third-order valence-corrected chi connectivity index (χ3v) is 8.99. The average molecular weight is 698 g/mol. The SMILES string of the molecule is Cc1c(-c2ccc(CCN(C)C(=O)OC(C)(C)C)cc2)cc(C(F)(F)F)c2cn(C(C(=O)Nc3nccs3)c3ncn4c3C[C@@H](F)C4)nc12. The number of nitrogens with zero attached hydrogens (tertiary/aromatic N) is 6. The first kappa shape index (κ1) is 34.1. The van der Waals surface area contributed by atoms with Crippen LogP contribution in [-0.2, 0) is 35.1 Å². The number of carbonyl (C=O) groups excluding carboxylic acids is 2. The van der Waals surface area contributed by atoms with Crippen LogP contribution in [0.25, 0.3) is 22.0 Å². The summed E-state index contributed by atoms with van der Waals surface area (Å²) < 4.78 is 66.5. The Morgan fingerprint density at radius 3 is 2.55 bits per heavy atom. The number of thiazole rings is 1. The van der Waals surface area contributed by atoms with E-state index < -0.39 is 41.6 Å². The molecular weight excluding hydrogens is 662 g/mol. The summed E-state index contributed by atoms with van der Waals surface area (Å²) in [6.45, 7) is 7.51. The number of amides is 2. The highest BCUT2D eigenvalue weighted by Crippen LogP contribution is 2.41. The molecule has 15 heteroatoms. The Morgan fingerprint density at radius 2 is 1.90 bits per heavy atom. The number of halogens is 4. The molecule has 2 atom stereocenters. The van der Waals surface area contributed by atoms with Crippen LogP contribution < -0.4 is 5.32 Å². The number of aryl methyl sites for hydroxylation is 1. The lowest BCUT2D eigenvalue weighted by atomic mass is 9.94. The molecule has 1 unspecified atom stereocenters. The molecule has 6 rings (SSSR count). The zero-order valence-corrected chi connectivity index (χ0v) is 28.3. The number of anilines is 1. The van der Waals surface area contributed by atoms with Gasteiger partial charge in [-0.25, -0.2) is 19.2 Å². The van der Waals surface area contributed by atoms with Crippen LogP contribution in [0.1, 0.15) is 54.9 Å². The second-order valence-electron chi connectivity index (χ2n) is 13.1. The van der Waals surface area contributed by atoms with Gasteiger partial charge in [-0.05, 0) is 62.4 Å². The van der Waals surface area contributed by atoms with Crippen molar-refractivity contribution in [2.45, 2.75) is 71.1 Å². The van der Waals surface area contributed by atoms with Gasteiger partial charge < -0.3 is 14.2 Å². The molecule has 1 aliphatic heterocycles. The van der Waals surface area contributed by atoms with Gasteiger partial charge in [-0.1, -0.05) is 24.3 Å². The van der Waals surface area contributed by atoms with Gasteiger partial charge in [0.15, 0.2) is 11.2 Å². The maximum atomic E-state index is 14.6. The first-order valence-electron chi connectivity index (χ1n) is 15.6. The highest BCUT2D eigenvalue weighted by Gasteiger charge is 2.38. The molecule has 49 heavy (non-hydrogen) atoms. The average Bonchev–Trinajstić information content (AvgIpc) is 3.82. The molecule has 2 amide bonds. The molecule has 0 aliphatic carbocycles. The van der Waals surface area contributed by atoms with Gasteiger partial charge >= 0.3 is 12.3 Å². The molecule has 10 nitrogen and oxygen atoms in total. The van der Waals surface area contributed by atoms with Crippen LogP contribution >= 0.6 is 11.3 Å². The van der Waals surface area contributed by atoms with Gasteiger partial charge in [-0.15, -0.1) is 11.3 Å². The van der Waals surface area contributed by atoms with Crippen LogP contribution in [0.3, 0.4) is 0 Å². The number of rotatable bonds is 8. The lowest BCUT2D eigenvalue weighted by molar-refractivity contribution is -0.136. The zero-order valence-electron chi connectivity index (χ0n) is 27.5. The number of fused-ring (bicyclic) bond motifs is 2. The number of alkyl halides is 4. The second kappa shape index (κ2) is 12.9. The van der Waals surface area contributed by atoms with Gasteiger partial charge in [0.05, 0.1) is 29.6 Å². The number of hydrogen-bond donors (Lipinski definition) is 1. The Labute approximate surface area is 283 Å². The van der Waals surface area contributed by atoms with Crippen molar-refractivity contribution in [3.05, 3.63) is 82.5 Å². The first-order valence-corrected chi connectivity index (χ1v) is 16.5. The summed E-state index contributed by atoms with van der Waals surface area (Å²) in [5.41, 5.74) is 1.47. The largest absolute Gasteiger partial charge is 0.444 e. The van der Waals surface area contributed by atoms with E-state index in [1.54, 1.807) is 56.8 Å². The van der Waals surface area contributed by atoms with Gasteiger partial charge in [0.25, 0.3) is 5.91 Å².